The van der Waals surface area contributed by atoms with Crippen LogP contribution in [0.5, 0.6) is 0 Å². The zero-order valence-electron chi connectivity index (χ0n) is 19.2. The minimum atomic E-state index is -4.52. The number of allylic oxidation sites excluding steroid dienone is 4. The zero-order chi connectivity index (χ0) is 25.3. The maximum atomic E-state index is 14.7. The van der Waals surface area contributed by atoms with E-state index in [0.717, 1.165) is 24.6 Å². The standard InChI is InChI=1S/C24H25F4N3O3/c1-5-34-19-11-15(8-9-18(19)32)14-6-7-16(17(25)10-14)12-22(33)29-21-13-20(30-31(21)4)23(2,3)24(26,27)28/h6-8,10-11,13H,5,9,12H2,1-4H3,(H,29,33). The van der Waals surface area contributed by atoms with Gasteiger partial charge in [0.2, 0.25) is 11.7 Å². The number of hydrogen-bond donors (Lipinski definition) is 1. The van der Waals surface area contributed by atoms with E-state index in [9.17, 15) is 27.2 Å². The van der Waals surface area contributed by atoms with Gasteiger partial charge in [-0.25, -0.2) is 4.39 Å². The van der Waals surface area contributed by atoms with Crippen molar-refractivity contribution in [2.24, 2.45) is 7.05 Å². The van der Waals surface area contributed by atoms with Crippen LogP contribution in [0.15, 0.2) is 42.2 Å². The Morgan fingerprint density at radius 3 is 2.56 bits per heavy atom. The Morgan fingerprint density at radius 1 is 1.24 bits per heavy atom. The van der Waals surface area contributed by atoms with Gasteiger partial charge in [0.15, 0.2) is 5.76 Å². The molecule has 0 radical (unpaired) electrons. The number of benzene rings is 1. The summed E-state index contributed by atoms with van der Waals surface area (Å²) in [7, 11) is 1.41. The smallest absolute Gasteiger partial charge is 0.399 e. The molecule has 182 valence electrons. The quantitative estimate of drug-likeness (QED) is 0.576. The first kappa shape index (κ1) is 25.2. The molecule has 0 atom stereocenters. The third-order valence-electron chi connectivity index (χ3n) is 5.60. The summed E-state index contributed by atoms with van der Waals surface area (Å²) in [6.07, 6.45) is -1.47. The van der Waals surface area contributed by atoms with E-state index in [1.807, 2.05) is 0 Å². The van der Waals surface area contributed by atoms with Gasteiger partial charge in [-0.15, -0.1) is 0 Å². The summed E-state index contributed by atoms with van der Waals surface area (Å²) < 4.78 is 61.1. The zero-order valence-corrected chi connectivity index (χ0v) is 19.2. The lowest BCUT2D eigenvalue weighted by atomic mass is 9.89. The molecule has 3 rings (SSSR count). The normalized spacial score (nSPS) is 14.5. The van der Waals surface area contributed by atoms with Crippen LogP contribution in [-0.2, 0) is 33.2 Å². The van der Waals surface area contributed by atoms with Crippen molar-refractivity contribution in [2.75, 3.05) is 11.9 Å². The van der Waals surface area contributed by atoms with E-state index in [4.69, 9.17) is 4.74 Å². The summed E-state index contributed by atoms with van der Waals surface area (Å²) in [4.78, 5) is 24.3. The van der Waals surface area contributed by atoms with Crippen LogP contribution in [0.3, 0.4) is 0 Å². The molecule has 2 aromatic rings. The Kier molecular flexibility index (Phi) is 6.99. The lowest BCUT2D eigenvalue weighted by Crippen LogP contribution is -2.36. The summed E-state index contributed by atoms with van der Waals surface area (Å²) in [5.74, 6) is -1.10. The average Bonchev–Trinajstić information content (AvgIpc) is 3.11. The van der Waals surface area contributed by atoms with Crippen LogP contribution < -0.4 is 5.32 Å². The Labute approximate surface area is 194 Å². The summed E-state index contributed by atoms with van der Waals surface area (Å²) >= 11 is 0. The van der Waals surface area contributed by atoms with Crippen LogP contribution in [0, 0.1) is 5.82 Å². The number of ketones is 1. The number of nitrogens with one attached hydrogen (secondary N) is 1. The number of amides is 1. The van der Waals surface area contributed by atoms with Gasteiger partial charge < -0.3 is 10.1 Å². The molecule has 10 heteroatoms. The molecule has 0 spiro atoms. The van der Waals surface area contributed by atoms with Crippen molar-refractivity contribution in [3.05, 3.63) is 64.8 Å². The van der Waals surface area contributed by atoms with Crippen LogP contribution in [0.25, 0.3) is 5.57 Å². The number of halogens is 4. The molecule has 0 fully saturated rings. The summed E-state index contributed by atoms with van der Waals surface area (Å²) in [6.45, 7) is 4.10. The van der Waals surface area contributed by atoms with Crippen LogP contribution >= 0.6 is 0 Å². The molecule has 0 bridgehead atoms. The molecule has 1 heterocycles. The Bertz CT molecular complexity index is 1180. The maximum absolute atomic E-state index is 14.7. The number of carbonyl (C=O) groups excluding carboxylic acids is 2. The minimum absolute atomic E-state index is 0.0694. The molecule has 1 amide bonds. The van der Waals surface area contributed by atoms with Gasteiger partial charge in [-0.3, -0.25) is 14.3 Å². The first-order valence-electron chi connectivity index (χ1n) is 10.6. The van der Waals surface area contributed by atoms with Crippen LogP contribution in [-0.4, -0.2) is 34.3 Å². The Hall–Kier alpha value is -3.43. The average molecular weight is 479 g/mol. The number of alkyl halides is 3. The highest BCUT2D eigenvalue weighted by Gasteiger charge is 2.50. The molecule has 1 N–H and O–H groups in total. The van der Waals surface area contributed by atoms with Crippen molar-refractivity contribution in [3.8, 4) is 0 Å². The number of aryl methyl sites for hydroxylation is 1. The molecule has 1 aliphatic rings. The van der Waals surface area contributed by atoms with Crippen LogP contribution in [0.4, 0.5) is 23.4 Å². The molecular weight excluding hydrogens is 454 g/mol. The molecule has 34 heavy (non-hydrogen) atoms. The van der Waals surface area contributed by atoms with E-state index >= 15 is 0 Å². The molecule has 0 saturated carbocycles. The van der Waals surface area contributed by atoms with Crippen molar-refractivity contribution in [2.45, 2.75) is 45.2 Å². The largest absolute Gasteiger partial charge is 0.490 e. The number of nitrogens with zero attached hydrogens (tertiary/aromatic N) is 2. The van der Waals surface area contributed by atoms with E-state index in [2.05, 4.69) is 10.4 Å². The van der Waals surface area contributed by atoms with E-state index < -0.39 is 23.3 Å². The second-order valence-electron chi connectivity index (χ2n) is 8.42. The molecule has 1 aromatic heterocycles. The third kappa shape index (κ3) is 5.21. The van der Waals surface area contributed by atoms with Gasteiger partial charge in [0.1, 0.15) is 17.1 Å². The highest BCUT2D eigenvalue weighted by Crippen LogP contribution is 2.40. The predicted molar refractivity (Wildman–Crippen MR) is 118 cm³/mol. The van der Waals surface area contributed by atoms with Crippen molar-refractivity contribution in [3.63, 3.8) is 0 Å². The summed E-state index contributed by atoms with van der Waals surface area (Å²) in [5, 5.41) is 6.36. The summed E-state index contributed by atoms with van der Waals surface area (Å²) in [5.41, 5.74) is -1.18. The lowest BCUT2D eigenvalue weighted by Gasteiger charge is -2.25. The van der Waals surface area contributed by atoms with Crippen molar-refractivity contribution in [1.29, 1.82) is 0 Å². The number of aromatic nitrogens is 2. The van der Waals surface area contributed by atoms with Gasteiger partial charge >= 0.3 is 6.18 Å². The number of carbonyl (C=O) groups is 2. The van der Waals surface area contributed by atoms with E-state index in [0.29, 0.717) is 17.7 Å². The topological polar surface area (TPSA) is 73.2 Å². The molecule has 0 saturated heterocycles. The molecule has 6 nitrogen and oxygen atoms in total. The van der Waals surface area contributed by atoms with E-state index in [-0.39, 0.29) is 41.5 Å². The van der Waals surface area contributed by atoms with Crippen molar-refractivity contribution in [1.82, 2.24) is 9.78 Å². The monoisotopic (exact) mass is 479 g/mol. The van der Waals surface area contributed by atoms with Gasteiger partial charge in [0, 0.05) is 19.5 Å². The number of hydrogen-bond acceptors (Lipinski definition) is 4. The van der Waals surface area contributed by atoms with E-state index in [1.165, 1.54) is 19.2 Å². The van der Waals surface area contributed by atoms with Crippen LogP contribution in [0.1, 0.15) is 44.0 Å². The minimum Gasteiger partial charge on any atom is -0.490 e. The van der Waals surface area contributed by atoms with Crippen molar-refractivity contribution < 1.29 is 31.9 Å². The second kappa shape index (κ2) is 9.44. The Morgan fingerprint density at radius 2 is 1.94 bits per heavy atom. The maximum Gasteiger partial charge on any atom is 0.399 e. The summed E-state index contributed by atoms with van der Waals surface area (Å²) in [6, 6.07) is 5.50. The molecule has 0 aliphatic heterocycles. The van der Waals surface area contributed by atoms with Gasteiger partial charge in [-0.1, -0.05) is 18.2 Å². The number of ether oxygens (including phenoxy) is 1. The molecule has 1 aliphatic carbocycles. The fourth-order valence-electron chi connectivity index (χ4n) is 3.33. The highest BCUT2D eigenvalue weighted by atomic mass is 19.4. The highest BCUT2D eigenvalue weighted by molar-refractivity contribution is 6.01. The number of anilines is 1. The first-order valence-corrected chi connectivity index (χ1v) is 10.6. The molecule has 1 aromatic carbocycles. The van der Waals surface area contributed by atoms with Gasteiger partial charge in [-0.2, -0.15) is 18.3 Å². The van der Waals surface area contributed by atoms with Crippen molar-refractivity contribution >= 4 is 23.1 Å². The second-order valence-corrected chi connectivity index (χ2v) is 8.42. The number of Topliss-reactive ketones (excluding diaryl/α,β-unsaturated/α-hetero) is 1. The van der Waals surface area contributed by atoms with Gasteiger partial charge in [-0.05, 0) is 49.6 Å². The van der Waals surface area contributed by atoms with E-state index in [1.54, 1.807) is 25.1 Å². The van der Waals surface area contributed by atoms with Gasteiger partial charge in [0.25, 0.3) is 0 Å². The number of rotatable bonds is 7. The predicted octanol–water partition coefficient (Wildman–Crippen LogP) is 4.86. The SMILES string of the molecule is CCOC1=CC(c2ccc(CC(=O)Nc3cc(C(C)(C)C(F)(F)F)nn3C)c(F)c2)=CCC1=O. The lowest BCUT2D eigenvalue weighted by molar-refractivity contribution is -0.181. The fraction of sp³-hybridized carbons (Fsp3) is 0.375. The third-order valence-corrected chi connectivity index (χ3v) is 5.60. The van der Waals surface area contributed by atoms with Gasteiger partial charge in [0.05, 0.1) is 18.7 Å². The molecular formula is C24H25F4N3O3. The Balaban J connectivity index is 1.73. The first-order chi connectivity index (χ1) is 15.8. The molecule has 0 unspecified atom stereocenters. The van der Waals surface area contributed by atoms with Crippen LogP contribution in [0.2, 0.25) is 0 Å². The fourth-order valence-corrected chi connectivity index (χ4v) is 3.33.